The molecular formula is C14H17BrF2N2O. The van der Waals surface area contributed by atoms with Gasteiger partial charge in [0.15, 0.2) is 11.6 Å². The van der Waals surface area contributed by atoms with E-state index in [-0.39, 0.29) is 15.8 Å². The topological polar surface area (TPSA) is 35.5 Å². The molecule has 0 amide bonds. The Morgan fingerprint density at radius 1 is 1.45 bits per heavy atom. The van der Waals surface area contributed by atoms with Crippen molar-refractivity contribution in [3.8, 4) is 5.75 Å². The van der Waals surface area contributed by atoms with Crippen molar-refractivity contribution >= 4 is 15.9 Å². The molecule has 1 atom stereocenters. The van der Waals surface area contributed by atoms with E-state index in [1.807, 2.05) is 4.90 Å². The molecule has 0 saturated carbocycles. The van der Waals surface area contributed by atoms with Crippen LogP contribution in [0.2, 0.25) is 0 Å². The first-order valence-electron chi connectivity index (χ1n) is 6.48. The lowest BCUT2D eigenvalue weighted by molar-refractivity contribution is 0.167. The van der Waals surface area contributed by atoms with Crippen molar-refractivity contribution < 1.29 is 13.9 Å². The fraction of sp³-hybridized carbons (Fsp3) is 0.429. The van der Waals surface area contributed by atoms with Crippen molar-refractivity contribution in [2.75, 3.05) is 26.2 Å². The van der Waals surface area contributed by atoms with Gasteiger partial charge in [0.1, 0.15) is 5.75 Å². The summed E-state index contributed by atoms with van der Waals surface area (Å²) in [7, 11) is 0. The minimum absolute atomic E-state index is 0.00123. The molecule has 2 N–H and O–H groups in total. The van der Waals surface area contributed by atoms with Crippen LogP contribution in [0.1, 0.15) is 18.0 Å². The summed E-state index contributed by atoms with van der Waals surface area (Å²) < 4.78 is 27.9. The molecule has 3 nitrogen and oxygen atoms in total. The van der Waals surface area contributed by atoms with Crippen molar-refractivity contribution in [2.24, 2.45) is 0 Å². The molecule has 0 bridgehead atoms. The smallest absolute Gasteiger partial charge is 0.167 e. The Kier molecular flexibility index (Phi) is 5.12. The average Bonchev–Trinajstić information content (AvgIpc) is 2.45. The third-order valence-corrected chi connectivity index (χ3v) is 4.10. The molecule has 1 aliphatic rings. The highest BCUT2D eigenvalue weighted by Crippen LogP contribution is 2.39. The minimum atomic E-state index is -0.990. The highest BCUT2D eigenvalue weighted by atomic mass is 79.9. The van der Waals surface area contributed by atoms with Crippen LogP contribution in [0.5, 0.6) is 5.75 Å². The Hall–Kier alpha value is -0.980. The second-order valence-corrected chi connectivity index (χ2v) is 5.60. The molecule has 20 heavy (non-hydrogen) atoms. The Morgan fingerprint density at radius 2 is 2.10 bits per heavy atom. The largest absolute Gasteiger partial charge is 0.506 e. The summed E-state index contributed by atoms with van der Waals surface area (Å²) >= 11 is 3.06. The van der Waals surface area contributed by atoms with Crippen molar-refractivity contribution in [1.29, 1.82) is 0 Å². The lowest BCUT2D eigenvalue weighted by atomic mass is 9.99. The molecule has 0 spiro atoms. The van der Waals surface area contributed by atoms with Crippen molar-refractivity contribution in [3.05, 3.63) is 40.4 Å². The number of piperazine rings is 1. The van der Waals surface area contributed by atoms with Crippen LogP contribution >= 0.6 is 15.9 Å². The number of aromatic hydroxyl groups is 1. The average molecular weight is 347 g/mol. The Bertz CT molecular complexity index is 478. The first kappa shape index (κ1) is 15.4. The van der Waals surface area contributed by atoms with Gasteiger partial charge in [-0.15, -0.1) is 6.58 Å². The number of hydrogen-bond acceptors (Lipinski definition) is 3. The molecule has 0 aromatic heterocycles. The maximum Gasteiger partial charge on any atom is 0.167 e. The normalized spacial score (nSPS) is 17.9. The van der Waals surface area contributed by atoms with Crippen LogP contribution in [0.4, 0.5) is 8.78 Å². The summed E-state index contributed by atoms with van der Waals surface area (Å²) in [5, 5.41) is 13.3. The third-order valence-electron chi connectivity index (χ3n) is 3.50. The first-order valence-corrected chi connectivity index (χ1v) is 7.27. The number of phenolic OH excluding ortho intramolecular Hbond substituents is 1. The van der Waals surface area contributed by atoms with Crippen LogP contribution in [0.15, 0.2) is 23.2 Å². The number of nitrogens with one attached hydrogen (secondary N) is 1. The van der Waals surface area contributed by atoms with Gasteiger partial charge in [-0.05, 0) is 28.4 Å². The zero-order valence-corrected chi connectivity index (χ0v) is 12.6. The maximum absolute atomic E-state index is 14.1. The Labute approximate surface area is 125 Å². The summed E-state index contributed by atoms with van der Waals surface area (Å²) in [5.74, 6) is -2.20. The zero-order valence-electron chi connectivity index (χ0n) is 11.0. The van der Waals surface area contributed by atoms with Crippen LogP contribution in [0.25, 0.3) is 0 Å². The highest BCUT2D eigenvalue weighted by Gasteiger charge is 2.29. The molecule has 6 heteroatoms. The van der Waals surface area contributed by atoms with Crippen molar-refractivity contribution in [1.82, 2.24) is 10.2 Å². The summed E-state index contributed by atoms with van der Waals surface area (Å²) in [5.41, 5.74) is -0.00123. The number of nitrogens with zero attached hydrogens (tertiary/aromatic N) is 1. The Balaban J connectivity index is 2.45. The molecule has 0 unspecified atom stereocenters. The van der Waals surface area contributed by atoms with Gasteiger partial charge in [-0.1, -0.05) is 6.08 Å². The summed E-state index contributed by atoms with van der Waals surface area (Å²) in [6.07, 6.45) is 2.10. The molecule has 1 heterocycles. The number of benzene rings is 1. The molecular weight excluding hydrogens is 330 g/mol. The quantitative estimate of drug-likeness (QED) is 0.649. The number of hydrogen-bond donors (Lipinski definition) is 2. The molecule has 0 aliphatic carbocycles. The lowest BCUT2D eigenvalue weighted by Crippen LogP contribution is -2.45. The maximum atomic E-state index is 14.1. The molecule has 2 rings (SSSR count). The van der Waals surface area contributed by atoms with Crippen LogP contribution < -0.4 is 5.32 Å². The molecule has 1 fully saturated rings. The molecule has 1 saturated heterocycles. The zero-order chi connectivity index (χ0) is 14.7. The second kappa shape index (κ2) is 6.65. The fourth-order valence-corrected chi connectivity index (χ4v) is 2.92. The monoisotopic (exact) mass is 346 g/mol. The van der Waals surface area contributed by atoms with Gasteiger partial charge in [0.05, 0.1) is 10.0 Å². The van der Waals surface area contributed by atoms with Gasteiger partial charge in [-0.25, -0.2) is 8.78 Å². The molecule has 110 valence electrons. The van der Waals surface area contributed by atoms with Gasteiger partial charge in [0.25, 0.3) is 0 Å². The summed E-state index contributed by atoms with van der Waals surface area (Å²) in [6.45, 7) is 6.67. The Morgan fingerprint density at radius 3 is 2.70 bits per heavy atom. The minimum Gasteiger partial charge on any atom is -0.506 e. The van der Waals surface area contributed by atoms with Crippen LogP contribution in [-0.2, 0) is 0 Å². The standard InChI is InChI=1S/C14H17BrF2N2O/c1-2-3-11(19-6-4-18-5-7-19)12-13(17)10(16)8-9(15)14(12)20/h2,8,11,18,20H,1,3-7H2/t11-/m0/s1. The summed E-state index contributed by atoms with van der Waals surface area (Å²) in [6, 6.07) is 0.526. The van der Waals surface area contributed by atoms with E-state index in [0.717, 1.165) is 19.2 Å². The predicted molar refractivity (Wildman–Crippen MR) is 77.7 cm³/mol. The van der Waals surface area contributed by atoms with Crippen molar-refractivity contribution in [3.63, 3.8) is 0 Å². The second-order valence-electron chi connectivity index (χ2n) is 4.74. The number of phenols is 1. The third kappa shape index (κ3) is 3.02. The fourth-order valence-electron chi connectivity index (χ4n) is 2.51. The van der Waals surface area contributed by atoms with E-state index in [4.69, 9.17) is 0 Å². The molecule has 0 radical (unpaired) electrons. The molecule has 1 aromatic carbocycles. The summed E-state index contributed by atoms with van der Waals surface area (Å²) in [4.78, 5) is 2.03. The van der Waals surface area contributed by atoms with Crippen LogP contribution in [0, 0.1) is 11.6 Å². The van der Waals surface area contributed by atoms with E-state index < -0.39 is 17.7 Å². The SMILES string of the molecule is C=CC[C@@H](c1c(O)c(Br)cc(F)c1F)N1CCNCC1. The first-order chi connectivity index (χ1) is 9.56. The van der Waals surface area contributed by atoms with Gasteiger partial charge < -0.3 is 10.4 Å². The van der Waals surface area contributed by atoms with Crippen LogP contribution in [-0.4, -0.2) is 36.2 Å². The number of halogens is 3. The lowest BCUT2D eigenvalue weighted by Gasteiger charge is -2.35. The molecule has 1 aromatic rings. The van der Waals surface area contributed by atoms with E-state index in [1.165, 1.54) is 0 Å². The van der Waals surface area contributed by atoms with Crippen molar-refractivity contribution in [2.45, 2.75) is 12.5 Å². The van der Waals surface area contributed by atoms with Crippen LogP contribution in [0.3, 0.4) is 0 Å². The van der Waals surface area contributed by atoms with E-state index in [1.54, 1.807) is 6.08 Å². The predicted octanol–water partition coefficient (Wildman–Crippen LogP) is 2.96. The van der Waals surface area contributed by atoms with Gasteiger partial charge in [-0.2, -0.15) is 0 Å². The van der Waals surface area contributed by atoms with Gasteiger partial charge in [0.2, 0.25) is 0 Å². The number of rotatable bonds is 4. The highest BCUT2D eigenvalue weighted by molar-refractivity contribution is 9.10. The van der Waals surface area contributed by atoms with Gasteiger partial charge >= 0.3 is 0 Å². The van der Waals surface area contributed by atoms with E-state index in [0.29, 0.717) is 19.5 Å². The van der Waals surface area contributed by atoms with E-state index in [2.05, 4.69) is 27.8 Å². The van der Waals surface area contributed by atoms with Gasteiger partial charge in [-0.3, -0.25) is 4.90 Å². The van der Waals surface area contributed by atoms with E-state index in [9.17, 15) is 13.9 Å². The van der Waals surface area contributed by atoms with E-state index >= 15 is 0 Å². The molecule has 1 aliphatic heterocycles. The van der Waals surface area contributed by atoms with Gasteiger partial charge in [0, 0.05) is 32.2 Å².